The molecule has 0 atom stereocenters. The van der Waals surface area contributed by atoms with E-state index in [0.717, 1.165) is 18.3 Å². The Bertz CT molecular complexity index is 540. The summed E-state index contributed by atoms with van der Waals surface area (Å²) in [5, 5.41) is 9.18. The van der Waals surface area contributed by atoms with Crippen LogP contribution < -0.4 is 4.90 Å². The van der Waals surface area contributed by atoms with Crippen molar-refractivity contribution in [1.29, 1.82) is 0 Å². The van der Waals surface area contributed by atoms with E-state index in [1.807, 2.05) is 18.2 Å². The predicted molar refractivity (Wildman–Crippen MR) is 80.4 cm³/mol. The fourth-order valence-corrected chi connectivity index (χ4v) is 2.55. The third-order valence-electron chi connectivity index (χ3n) is 3.35. The maximum absolute atomic E-state index is 10.5. The summed E-state index contributed by atoms with van der Waals surface area (Å²) in [6, 6.07) is 5.67. The van der Waals surface area contributed by atoms with Gasteiger partial charge < -0.3 is 14.7 Å². The summed E-state index contributed by atoms with van der Waals surface area (Å²) in [4.78, 5) is 12.8. The molecule has 108 valence electrons. The summed E-state index contributed by atoms with van der Waals surface area (Å²) >= 11 is 6.22. The fraction of sp³-hybridized carbons (Fsp3) is 0.400. The van der Waals surface area contributed by atoms with Gasteiger partial charge in [-0.1, -0.05) is 17.7 Å². The molecule has 1 aliphatic rings. The largest absolute Gasteiger partial charge is 0.478 e. The number of hydrogen-bond donors (Lipinski definition) is 1. The van der Waals surface area contributed by atoms with Crippen LogP contribution in [0.3, 0.4) is 0 Å². The zero-order valence-corrected chi connectivity index (χ0v) is 12.4. The number of rotatable bonds is 3. The number of halogens is 1. The Morgan fingerprint density at radius 1 is 1.50 bits per heavy atom. The van der Waals surface area contributed by atoms with Crippen LogP contribution in [-0.4, -0.2) is 36.4 Å². The quantitative estimate of drug-likeness (QED) is 0.871. The number of carboxylic acids is 1. The molecule has 5 heteroatoms. The van der Waals surface area contributed by atoms with Gasteiger partial charge in [0.05, 0.1) is 18.8 Å². The molecule has 0 unspecified atom stereocenters. The lowest BCUT2D eigenvalue weighted by molar-refractivity contribution is -0.131. The monoisotopic (exact) mass is 295 g/mol. The van der Waals surface area contributed by atoms with Crippen molar-refractivity contribution in [1.82, 2.24) is 0 Å². The van der Waals surface area contributed by atoms with E-state index in [1.54, 1.807) is 0 Å². The van der Waals surface area contributed by atoms with Crippen LogP contribution in [0.25, 0.3) is 6.08 Å². The van der Waals surface area contributed by atoms with Gasteiger partial charge in [-0.15, -0.1) is 0 Å². The average molecular weight is 296 g/mol. The number of carboxylic acid groups (broad SMARTS) is 1. The van der Waals surface area contributed by atoms with Gasteiger partial charge in [0.1, 0.15) is 0 Å². The molecule has 2 rings (SSSR count). The Balaban J connectivity index is 2.26. The maximum Gasteiger partial charge on any atom is 0.328 e. The van der Waals surface area contributed by atoms with Crippen molar-refractivity contribution in [2.45, 2.75) is 19.4 Å². The number of carbonyl (C=O) groups is 1. The highest BCUT2D eigenvalue weighted by Gasteiger charge is 2.30. The summed E-state index contributed by atoms with van der Waals surface area (Å²) in [7, 11) is 0. The van der Waals surface area contributed by atoms with E-state index >= 15 is 0 Å². The first-order valence-corrected chi connectivity index (χ1v) is 6.84. The second-order valence-corrected chi connectivity index (χ2v) is 5.80. The zero-order chi connectivity index (χ0) is 14.8. The van der Waals surface area contributed by atoms with Gasteiger partial charge in [0.15, 0.2) is 0 Å². The van der Waals surface area contributed by atoms with Gasteiger partial charge in [0, 0.05) is 23.3 Å². The smallest absolute Gasteiger partial charge is 0.328 e. The van der Waals surface area contributed by atoms with E-state index in [9.17, 15) is 4.79 Å². The molecule has 0 aliphatic carbocycles. The molecular weight excluding hydrogens is 278 g/mol. The highest BCUT2D eigenvalue weighted by atomic mass is 35.5. The second kappa shape index (κ2) is 5.85. The molecule has 0 aromatic heterocycles. The van der Waals surface area contributed by atoms with E-state index in [4.69, 9.17) is 21.4 Å². The molecule has 0 amide bonds. The molecule has 1 aromatic rings. The van der Waals surface area contributed by atoms with Crippen LogP contribution in [0.4, 0.5) is 5.69 Å². The first-order chi connectivity index (χ1) is 9.40. The third-order valence-corrected chi connectivity index (χ3v) is 3.67. The Hall–Kier alpha value is -1.52. The van der Waals surface area contributed by atoms with E-state index < -0.39 is 5.97 Å². The van der Waals surface area contributed by atoms with Crippen molar-refractivity contribution < 1.29 is 14.6 Å². The van der Waals surface area contributed by atoms with Crippen LogP contribution in [0.15, 0.2) is 24.3 Å². The van der Waals surface area contributed by atoms with Gasteiger partial charge in [0.2, 0.25) is 0 Å². The third kappa shape index (κ3) is 3.32. The summed E-state index contributed by atoms with van der Waals surface area (Å²) in [5.41, 5.74) is 1.64. The molecule has 1 saturated heterocycles. The molecule has 1 heterocycles. The summed E-state index contributed by atoms with van der Waals surface area (Å²) < 4.78 is 5.50. The first kappa shape index (κ1) is 14.9. The molecule has 0 spiro atoms. The number of morpholine rings is 1. The van der Waals surface area contributed by atoms with Crippen LogP contribution in [0.1, 0.15) is 19.4 Å². The minimum atomic E-state index is -0.987. The zero-order valence-electron chi connectivity index (χ0n) is 11.6. The van der Waals surface area contributed by atoms with E-state index in [1.165, 1.54) is 6.08 Å². The van der Waals surface area contributed by atoms with Gasteiger partial charge in [0.25, 0.3) is 0 Å². The molecule has 4 nitrogen and oxygen atoms in total. The van der Waals surface area contributed by atoms with Crippen LogP contribution >= 0.6 is 11.6 Å². The fourth-order valence-electron chi connectivity index (χ4n) is 2.32. The number of ether oxygens (including phenoxy) is 1. The summed E-state index contributed by atoms with van der Waals surface area (Å²) in [6.45, 7) is 6.43. The minimum absolute atomic E-state index is 0.0833. The van der Waals surface area contributed by atoms with Crippen LogP contribution in [0.5, 0.6) is 0 Å². The number of anilines is 1. The van der Waals surface area contributed by atoms with Crippen LogP contribution in [0, 0.1) is 0 Å². The Kier molecular flexibility index (Phi) is 4.35. The van der Waals surface area contributed by atoms with Crippen molar-refractivity contribution in [2.75, 3.05) is 24.7 Å². The van der Waals surface area contributed by atoms with E-state index in [0.29, 0.717) is 23.8 Å². The SMILES string of the molecule is CC1(C)COCCN1c1ccc(/C=C/C(=O)O)c(Cl)c1. The van der Waals surface area contributed by atoms with Crippen LogP contribution in [0.2, 0.25) is 5.02 Å². The highest BCUT2D eigenvalue weighted by Crippen LogP contribution is 2.30. The van der Waals surface area contributed by atoms with Crippen molar-refractivity contribution >= 4 is 29.3 Å². The molecule has 1 fully saturated rings. The maximum atomic E-state index is 10.5. The van der Waals surface area contributed by atoms with Gasteiger partial charge in [-0.3, -0.25) is 0 Å². The lowest BCUT2D eigenvalue weighted by Crippen LogP contribution is -2.53. The molecule has 1 aliphatic heterocycles. The van der Waals surface area contributed by atoms with Gasteiger partial charge in [-0.05, 0) is 37.6 Å². The minimum Gasteiger partial charge on any atom is -0.478 e. The average Bonchev–Trinajstić information content (AvgIpc) is 2.36. The van der Waals surface area contributed by atoms with Gasteiger partial charge in [-0.25, -0.2) is 4.79 Å². The topological polar surface area (TPSA) is 49.8 Å². The number of nitrogens with zero attached hydrogens (tertiary/aromatic N) is 1. The highest BCUT2D eigenvalue weighted by molar-refractivity contribution is 6.32. The Labute approximate surface area is 123 Å². The predicted octanol–water partition coefficient (Wildman–Crippen LogP) is 3.05. The lowest BCUT2D eigenvalue weighted by atomic mass is 10.0. The van der Waals surface area contributed by atoms with E-state index in [2.05, 4.69) is 18.7 Å². The lowest BCUT2D eigenvalue weighted by Gasteiger charge is -2.44. The van der Waals surface area contributed by atoms with Crippen molar-refractivity contribution in [2.24, 2.45) is 0 Å². The Morgan fingerprint density at radius 3 is 2.85 bits per heavy atom. The standard InChI is InChI=1S/C15H18ClNO3/c1-15(2)10-20-8-7-17(15)12-5-3-11(13(16)9-12)4-6-14(18)19/h3-6,9H,7-8,10H2,1-2H3,(H,18,19)/b6-4+. The molecule has 0 radical (unpaired) electrons. The number of hydrogen-bond acceptors (Lipinski definition) is 3. The molecule has 1 aromatic carbocycles. The van der Waals surface area contributed by atoms with E-state index in [-0.39, 0.29) is 5.54 Å². The summed E-state index contributed by atoms with van der Waals surface area (Å²) in [5.74, 6) is -0.987. The number of aliphatic carboxylic acids is 1. The molecule has 0 bridgehead atoms. The Morgan fingerprint density at radius 2 is 2.25 bits per heavy atom. The van der Waals surface area contributed by atoms with Gasteiger partial charge >= 0.3 is 5.97 Å². The van der Waals surface area contributed by atoms with Crippen molar-refractivity contribution in [3.63, 3.8) is 0 Å². The van der Waals surface area contributed by atoms with Crippen LogP contribution in [-0.2, 0) is 9.53 Å². The molecule has 1 N–H and O–H groups in total. The summed E-state index contributed by atoms with van der Waals surface area (Å²) in [6.07, 6.45) is 2.58. The number of benzene rings is 1. The molecule has 20 heavy (non-hydrogen) atoms. The first-order valence-electron chi connectivity index (χ1n) is 6.46. The molecular formula is C15H18ClNO3. The van der Waals surface area contributed by atoms with Crippen molar-refractivity contribution in [3.05, 3.63) is 34.9 Å². The van der Waals surface area contributed by atoms with Gasteiger partial charge in [-0.2, -0.15) is 0 Å². The molecule has 0 saturated carbocycles. The normalized spacial score (nSPS) is 18.4. The van der Waals surface area contributed by atoms with Crippen molar-refractivity contribution in [3.8, 4) is 0 Å². The second-order valence-electron chi connectivity index (χ2n) is 5.39.